The van der Waals surface area contributed by atoms with Gasteiger partial charge in [-0.1, -0.05) is 24.0 Å². The van der Waals surface area contributed by atoms with Crippen molar-refractivity contribution in [3.63, 3.8) is 0 Å². The van der Waals surface area contributed by atoms with E-state index in [9.17, 15) is 14.7 Å². The summed E-state index contributed by atoms with van der Waals surface area (Å²) >= 11 is 0. The van der Waals surface area contributed by atoms with E-state index in [2.05, 4.69) is 22.3 Å². The minimum atomic E-state index is -1.27. The molecule has 0 aliphatic heterocycles. The highest BCUT2D eigenvalue weighted by molar-refractivity contribution is 5.97. The van der Waals surface area contributed by atoms with E-state index in [0.717, 1.165) is 16.8 Å². The molecule has 0 saturated heterocycles. The number of hydrogen-bond acceptors (Lipinski definition) is 5. The van der Waals surface area contributed by atoms with Crippen LogP contribution in [0.4, 0.5) is 0 Å². The quantitative estimate of drug-likeness (QED) is 0.284. The van der Waals surface area contributed by atoms with Crippen molar-refractivity contribution in [3.8, 4) is 23.1 Å². The fourth-order valence-corrected chi connectivity index (χ4v) is 2.93. The summed E-state index contributed by atoms with van der Waals surface area (Å²) in [6, 6.07) is 15.0. The van der Waals surface area contributed by atoms with Crippen LogP contribution in [0.1, 0.15) is 28.4 Å². The van der Waals surface area contributed by atoms with Gasteiger partial charge in [-0.3, -0.25) is 19.5 Å². The zero-order valence-corrected chi connectivity index (χ0v) is 17.0. The van der Waals surface area contributed by atoms with Crippen LogP contribution in [0.25, 0.3) is 11.3 Å². The smallest absolute Gasteiger partial charge is 0.268 e. The fourth-order valence-electron chi connectivity index (χ4n) is 2.93. The Morgan fingerprint density at radius 3 is 2.06 bits per heavy atom. The number of nitrogens with zero attached hydrogens (tertiary/aromatic N) is 2. The monoisotopic (exact) mass is 418 g/mol. The van der Waals surface area contributed by atoms with Crippen LogP contribution in [-0.4, -0.2) is 44.1 Å². The molecule has 1 aromatic heterocycles. The van der Waals surface area contributed by atoms with E-state index in [0.29, 0.717) is 11.1 Å². The molecule has 3 aromatic rings. The minimum Gasteiger partial charge on any atom is -0.391 e. The molecule has 0 radical (unpaired) electrons. The lowest BCUT2D eigenvalue weighted by molar-refractivity contribution is -0.133. The van der Waals surface area contributed by atoms with Gasteiger partial charge >= 0.3 is 0 Å². The normalized spacial score (nSPS) is 12.3. The molecule has 8 heteroatoms. The molecular weight excluding hydrogens is 396 g/mol. The number of hydroxylamine groups is 1. The van der Waals surface area contributed by atoms with Crippen LogP contribution in [-0.2, 0) is 11.8 Å². The molecule has 0 aliphatic rings. The van der Waals surface area contributed by atoms with Crippen LogP contribution in [0.2, 0.25) is 0 Å². The number of carbonyl (C=O) groups excluding carboxylic acids is 2. The summed E-state index contributed by atoms with van der Waals surface area (Å²) < 4.78 is 1.80. The van der Waals surface area contributed by atoms with Gasteiger partial charge in [0.05, 0.1) is 11.8 Å². The first-order valence-electron chi connectivity index (χ1n) is 9.52. The van der Waals surface area contributed by atoms with Crippen molar-refractivity contribution in [2.45, 2.75) is 19.1 Å². The highest BCUT2D eigenvalue weighted by Gasteiger charge is 2.25. The van der Waals surface area contributed by atoms with Gasteiger partial charge in [-0.2, -0.15) is 5.10 Å². The van der Waals surface area contributed by atoms with Gasteiger partial charge in [0.15, 0.2) is 0 Å². The van der Waals surface area contributed by atoms with Gasteiger partial charge in [0.25, 0.3) is 11.8 Å². The highest BCUT2D eigenvalue weighted by atomic mass is 16.5. The summed E-state index contributed by atoms with van der Waals surface area (Å²) in [5, 5.41) is 24.9. The largest absolute Gasteiger partial charge is 0.391 e. The summed E-state index contributed by atoms with van der Waals surface area (Å²) in [6.45, 7) is 1.34. The molecule has 158 valence electrons. The van der Waals surface area contributed by atoms with Crippen LogP contribution >= 0.6 is 0 Å². The predicted molar refractivity (Wildman–Crippen MR) is 114 cm³/mol. The summed E-state index contributed by atoms with van der Waals surface area (Å²) in [5.41, 5.74) is 5.35. The van der Waals surface area contributed by atoms with Crippen molar-refractivity contribution in [2.24, 2.45) is 7.05 Å². The van der Waals surface area contributed by atoms with E-state index in [1.54, 1.807) is 35.1 Å². The Morgan fingerprint density at radius 1 is 1.00 bits per heavy atom. The second-order valence-electron chi connectivity index (χ2n) is 6.91. The van der Waals surface area contributed by atoms with Gasteiger partial charge in [-0.15, -0.1) is 0 Å². The number of hydrogen-bond donors (Lipinski definition) is 4. The second-order valence-corrected chi connectivity index (χ2v) is 6.91. The standard InChI is InChI=1S/C23H22N4O4/c1-15(28)21(23(30)26-31)25-22(29)19-11-7-17(8-12-19)4-3-16-5-9-18(10-6-16)20-13-14-24-27(20)2/h5-15,21,28,31H,1-2H3,(H,25,29)(H,26,30)/t15-,21+/m1/s1. The third-order valence-corrected chi connectivity index (χ3v) is 4.66. The van der Waals surface area contributed by atoms with Gasteiger partial charge in [-0.25, -0.2) is 5.48 Å². The molecule has 8 nitrogen and oxygen atoms in total. The second kappa shape index (κ2) is 9.71. The summed E-state index contributed by atoms with van der Waals surface area (Å²) in [5.74, 6) is 4.66. The Morgan fingerprint density at radius 2 is 1.58 bits per heavy atom. The molecule has 1 heterocycles. The summed E-state index contributed by atoms with van der Waals surface area (Å²) in [4.78, 5) is 23.8. The van der Waals surface area contributed by atoms with E-state index < -0.39 is 24.0 Å². The Kier molecular flexibility index (Phi) is 6.82. The predicted octanol–water partition coefficient (Wildman–Crippen LogP) is 1.47. The van der Waals surface area contributed by atoms with Gasteiger partial charge in [0.2, 0.25) is 0 Å². The number of aliphatic hydroxyl groups excluding tert-OH is 1. The summed E-state index contributed by atoms with van der Waals surface area (Å²) in [6.07, 6.45) is 0.573. The topological polar surface area (TPSA) is 116 Å². The number of nitrogens with one attached hydrogen (secondary N) is 2. The van der Waals surface area contributed by atoms with Crippen LogP contribution in [0.3, 0.4) is 0 Å². The number of aliphatic hydroxyl groups is 1. The molecule has 0 fully saturated rings. The Balaban J connectivity index is 1.67. The molecule has 2 aromatic carbocycles. The van der Waals surface area contributed by atoms with Crippen molar-refractivity contribution in [2.75, 3.05) is 0 Å². The average Bonchev–Trinajstić information content (AvgIpc) is 3.21. The van der Waals surface area contributed by atoms with Gasteiger partial charge in [0.1, 0.15) is 6.04 Å². The molecule has 31 heavy (non-hydrogen) atoms. The third-order valence-electron chi connectivity index (χ3n) is 4.66. The molecule has 0 unspecified atom stereocenters. The average molecular weight is 418 g/mol. The van der Waals surface area contributed by atoms with Crippen molar-refractivity contribution in [1.82, 2.24) is 20.6 Å². The van der Waals surface area contributed by atoms with Crippen LogP contribution in [0.5, 0.6) is 0 Å². The molecule has 0 aliphatic carbocycles. The maximum absolute atomic E-state index is 12.3. The number of aromatic nitrogens is 2. The molecule has 3 rings (SSSR count). The number of carbonyl (C=O) groups is 2. The van der Waals surface area contributed by atoms with Crippen molar-refractivity contribution >= 4 is 11.8 Å². The zero-order chi connectivity index (χ0) is 22.4. The van der Waals surface area contributed by atoms with Crippen molar-refractivity contribution < 1.29 is 19.9 Å². The lowest BCUT2D eigenvalue weighted by Gasteiger charge is -2.19. The lowest BCUT2D eigenvalue weighted by Crippen LogP contribution is -2.51. The van der Waals surface area contributed by atoms with Gasteiger partial charge in [0, 0.05) is 29.9 Å². The van der Waals surface area contributed by atoms with E-state index in [1.165, 1.54) is 12.4 Å². The zero-order valence-electron chi connectivity index (χ0n) is 17.0. The molecule has 0 bridgehead atoms. The lowest BCUT2D eigenvalue weighted by atomic mass is 10.1. The Hall–Kier alpha value is -3.93. The first-order chi connectivity index (χ1) is 14.9. The first kappa shape index (κ1) is 21.8. The van der Waals surface area contributed by atoms with Crippen molar-refractivity contribution in [1.29, 1.82) is 0 Å². The Bertz CT molecular complexity index is 1120. The molecule has 0 spiro atoms. The molecule has 0 saturated carbocycles. The van der Waals surface area contributed by atoms with E-state index in [1.807, 2.05) is 37.4 Å². The molecule has 4 N–H and O–H groups in total. The van der Waals surface area contributed by atoms with Crippen LogP contribution in [0.15, 0.2) is 60.8 Å². The third kappa shape index (κ3) is 5.36. The minimum absolute atomic E-state index is 0.294. The maximum Gasteiger partial charge on any atom is 0.268 e. The molecule has 2 amide bonds. The number of rotatable bonds is 5. The number of benzene rings is 2. The van der Waals surface area contributed by atoms with Gasteiger partial charge < -0.3 is 10.4 Å². The SMILES string of the molecule is C[C@@H](O)[C@H](NC(=O)c1ccc(C#Cc2ccc(-c3ccnn3C)cc2)cc1)C(=O)NO. The van der Waals surface area contributed by atoms with E-state index >= 15 is 0 Å². The van der Waals surface area contributed by atoms with Crippen LogP contribution < -0.4 is 10.8 Å². The molecular formula is C23H22N4O4. The number of amides is 2. The van der Waals surface area contributed by atoms with Crippen molar-refractivity contribution in [3.05, 3.63) is 77.5 Å². The van der Waals surface area contributed by atoms with E-state index in [-0.39, 0.29) is 0 Å². The fraction of sp³-hybridized carbons (Fsp3) is 0.174. The number of aryl methyl sites for hydroxylation is 1. The first-order valence-corrected chi connectivity index (χ1v) is 9.52. The maximum atomic E-state index is 12.3. The Labute approximate surface area is 179 Å². The van der Waals surface area contributed by atoms with Gasteiger partial charge in [-0.05, 0) is 55.0 Å². The molecule has 2 atom stereocenters. The van der Waals surface area contributed by atoms with E-state index in [4.69, 9.17) is 5.21 Å². The highest BCUT2D eigenvalue weighted by Crippen LogP contribution is 2.18. The summed E-state index contributed by atoms with van der Waals surface area (Å²) in [7, 11) is 1.89. The van der Waals surface area contributed by atoms with Crippen LogP contribution in [0, 0.1) is 11.8 Å².